The Balaban J connectivity index is 1.94. The minimum atomic E-state index is -0.640. The van der Waals surface area contributed by atoms with Gasteiger partial charge in [0.25, 0.3) is 0 Å². The van der Waals surface area contributed by atoms with Gasteiger partial charge in [0.15, 0.2) is 5.65 Å². The van der Waals surface area contributed by atoms with Crippen molar-refractivity contribution in [2.24, 2.45) is 0 Å². The van der Waals surface area contributed by atoms with Crippen LogP contribution in [0.3, 0.4) is 0 Å². The Morgan fingerprint density at radius 2 is 1.80 bits per heavy atom. The highest BCUT2D eigenvalue weighted by atomic mass is 19.1. The van der Waals surface area contributed by atoms with Crippen LogP contribution < -0.4 is 0 Å². The van der Waals surface area contributed by atoms with Crippen molar-refractivity contribution in [2.75, 3.05) is 13.2 Å². The third-order valence-electron chi connectivity index (χ3n) is 4.49. The molecule has 0 saturated carbocycles. The van der Waals surface area contributed by atoms with E-state index in [4.69, 9.17) is 4.74 Å². The van der Waals surface area contributed by atoms with Crippen LogP contribution in [0.25, 0.3) is 22.3 Å². The first-order chi connectivity index (χ1) is 12.1. The molecule has 4 rings (SSSR count). The molecule has 0 bridgehead atoms. The molecule has 0 amide bonds. The van der Waals surface area contributed by atoms with Crippen molar-refractivity contribution in [2.45, 2.75) is 25.7 Å². The molecule has 0 spiro atoms. The number of aromatic nitrogens is 3. The first-order valence-electron chi connectivity index (χ1n) is 8.30. The summed E-state index contributed by atoms with van der Waals surface area (Å²) >= 11 is 0. The number of aryl methyl sites for hydroxylation is 1. The summed E-state index contributed by atoms with van der Waals surface area (Å²) < 4.78 is 33.1. The lowest BCUT2D eigenvalue weighted by atomic mass is 9.98. The lowest BCUT2D eigenvalue weighted by molar-refractivity contribution is 0.0836. The molecule has 3 aromatic rings. The standard InChI is InChI=1S/C19H17F2N3O/c1-11-2-4-15-17(14-5-3-13(20)10-16(14)21)23-18(24-19(15)22-11)12-6-8-25-9-7-12/h2-5,10,12H,6-9H2,1H3. The second kappa shape index (κ2) is 6.44. The summed E-state index contributed by atoms with van der Waals surface area (Å²) in [6.45, 7) is 3.20. The average Bonchev–Trinajstić information content (AvgIpc) is 2.61. The van der Waals surface area contributed by atoms with E-state index in [0.717, 1.165) is 24.6 Å². The van der Waals surface area contributed by atoms with E-state index in [9.17, 15) is 8.78 Å². The summed E-state index contributed by atoms with van der Waals surface area (Å²) in [6, 6.07) is 7.20. The van der Waals surface area contributed by atoms with Gasteiger partial charge in [0, 0.05) is 41.8 Å². The van der Waals surface area contributed by atoms with Crippen LogP contribution in [0.15, 0.2) is 30.3 Å². The van der Waals surface area contributed by atoms with Gasteiger partial charge in [-0.1, -0.05) is 0 Å². The van der Waals surface area contributed by atoms with Gasteiger partial charge in [-0.2, -0.15) is 0 Å². The van der Waals surface area contributed by atoms with Crippen LogP contribution >= 0.6 is 0 Å². The lowest BCUT2D eigenvalue weighted by Gasteiger charge is -2.21. The zero-order valence-corrected chi connectivity index (χ0v) is 13.8. The Labute approximate surface area is 143 Å². The molecule has 0 unspecified atom stereocenters. The molecule has 128 valence electrons. The summed E-state index contributed by atoms with van der Waals surface area (Å²) in [5.41, 5.74) is 2.08. The van der Waals surface area contributed by atoms with Crippen molar-refractivity contribution >= 4 is 11.0 Å². The van der Waals surface area contributed by atoms with Gasteiger partial charge in [0.05, 0.1) is 5.69 Å². The quantitative estimate of drug-likeness (QED) is 0.702. The smallest absolute Gasteiger partial charge is 0.163 e. The van der Waals surface area contributed by atoms with E-state index in [2.05, 4.69) is 15.0 Å². The van der Waals surface area contributed by atoms with Gasteiger partial charge in [-0.3, -0.25) is 0 Å². The second-order valence-corrected chi connectivity index (χ2v) is 6.27. The Bertz CT molecular complexity index is 939. The SMILES string of the molecule is Cc1ccc2c(-c3ccc(F)cc3F)nc(C3CCOCC3)nc2n1. The van der Waals surface area contributed by atoms with Gasteiger partial charge in [0.1, 0.15) is 17.5 Å². The summed E-state index contributed by atoms with van der Waals surface area (Å²) in [5.74, 6) is -0.452. The Hall–Kier alpha value is -2.47. The molecule has 1 aromatic carbocycles. The summed E-state index contributed by atoms with van der Waals surface area (Å²) in [5, 5.41) is 0.659. The summed E-state index contributed by atoms with van der Waals surface area (Å²) in [7, 11) is 0. The number of halogens is 2. The molecule has 3 heterocycles. The van der Waals surface area contributed by atoms with Crippen LogP contribution in [-0.4, -0.2) is 28.2 Å². The third-order valence-corrected chi connectivity index (χ3v) is 4.49. The second-order valence-electron chi connectivity index (χ2n) is 6.27. The molecule has 0 atom stereocenters. The van der Waals surface area contributed by atoms with Crippen LogP contribution in [0.2, 0.25) is 0 Å². The molecule has 0 radical (unpaired) electrons. The molecule has 1 fully saturated rings. The van der Waals surface area contributed by atoms with Crippen LogP contribution in [0.5, 0.6) is 0 Å². The van der Waals surface area contributed by atoms with E-state index in [0.29, 0.717) is 35.8 Å². The van der Waals surface area contributed by atoms with Gasteiger partial charge in [-0.25, -0.2) is 23.7 Å². The van der Waals surface area contributed by atoms with Gasteiger partial charge in [-0.15, -0.1) is 0 Å². The number of hydrogen-bond acceptors (Lipinski definition) is 4. The van der Waals surface area contributed by atoms with Gasteiger partial charge >= 0.3 is 0 Å². The lowest BCUT2D eigenvalue weighted by Crippen LogP contribution is -2.17. The number of nitrogens with zero attached hydrogens (tertiary/aromatic N) is 3. The van der Waals surface area contributed by atoms with Crippen molar-refractivity contribution in [1.29, 1.82) is 0 Å². The number of pyridine rings is 1. The molecule has 25 heavy (non-hydrogen) atoms. The minimum Gasteiger partial charge on any atom is -0.381 e. The fraction of sp³-hybridized carbons (Fsp3) is 0.316. The Morgan fingerprint density at radius 1 is 1.00 bits per heavy atom. The summed E-state index contributed by atoms with van der Waals surface area (Å²) in [4.78, 5) is 13.8. The summed E-state index contributed by atoms with van der Waals surface area (Å²) in [6.07, 6.45) is 1.64. The fourth-order valence-corrected chi connectivity index (χ4v) is 3.15. The number of rotatable bonds is 2. The predicted octanol–water partition coefficient (Wildman–Crippen LogP) is 4.17. The Kier molecular flexibility index (Phi) is 4.13. The van der Waals surface area contributed by atoms with Crippen molar-refractivity contribution < 1.29 is 13.5 Å². The number of ether oxygens (including phenoxy) is 1. The first-order valence-corrected chi connectivity index (χ1v) is 8.30. The highest BCUT2D eigenvalue weighted by Gasteiger charge is 2.22. The molecule has 0 N–H and O–H groups in total. The molecule has 1 aliphatic heterocycles. The molecular formula is C19H17F2N3O. The molecule has 1 saturated heterocycles. The number of fused-ring (bicyclic) bond motifs is 1. The zero-order chi connectivity index (χ0) is 17.4. The van der Waals surface area contributed by atoms with E-state index in [1.165, 1.54) is 12.1 Å². The highest BCUT2D eigenvalue weighted by molar-refractivity contribution is 5.90. The average molecular weight is 341 g/mol. The third kappa shape index (κ3) is 3.09. The van der Waals surface area contributed by atoms with E-state index >= 15 is 0 Å². The monoisotopic (exact) mass is 341 g/mol. The van der Waals surface area contributed by atoms with Crippen LogP contribution in [0.4, 0.5) is 8.78 Å². The maximum atomic E-state index is 14.4. The van der Waals surface area contributed by atoms with Gasteiger partial charge in [0.2, 0.25) is 0 Å². The predicted molar refractivity (Wildman–Crippen MR) is 90.2 cm³/mol. The van der Waals surface area contributed by atoms with E-state index in [1.807, 2.05) is 19.1 Å². The molecule has 0 aliphatic carbocycles. The van der Waals surface area contributed by atoms with Gasteiger partial charge in [-0.05, 0) is 44.0 Å². The zero-order valence-electron chi connectivity index (χ0n) is 13.8. The molecule has 6 heteroatoms. The molecule has 2 aromatic heterocycles. The van der Waals surface area contributed by atoms with E-state index in [-0.39, 0.29) is 11.5 Å². The topological polar surface area (TPSA) is 47.9 Å². The van der Waals surface area contributed by atoms with Crippen molar-refractivity contribution in [3.63, 3.8) is 0 Å². The Morgan fingerprint density at radius 3 is 2.56 bits per heavy atom. The van der Waals surface area contributed by atoms with Crippen molar-refractivity contribution in [1.82, 2.24) is 15.0 Å². The van der Waals surface area contributed by atoms with E-state index < -0.39 is 11.6 Å². The number of benzene rings is 1. The maximum Gasteiger partial charge on any atom is 0.163 e. The van der Waals surface area contributed by atoms with Crippen molar-refractivity contribution in [3.8, 4) is 11.3 Å². The maximum absolute atomic E-state index is 14.4. The molecule has 4 nitrogen and oxygen atoms in total. The first kappa shape index (κ1) is 16.0. The highest BCUT2D eigenvalue weighted by Crippen LogP contribution is 2.32. The van der Waals surface area contributed by atoms with Crippen molar-refractivity contribution in [3.05, 3.63) is 53.5 Å². The molecular weight excluding hydrogens is 324 g/mol. The largest absolute Gasteiger partial charge is 0.381 e. The number of hydrogen-bond donors (Lipinski definition) is 0. The molecule has 1 aliphatic rings. The van der Waals surface area contributed by atoms with Crippen LogP contribution in [0, 0.1) is 18.6 Å². The fourth-order valence-electron chi connectivity index (χ4n) is 3.15. The van der Waals surface area contributed by atoms with Crippen LogP contribution in [0.1, 0.15) is 30.3 Å². The minimum absolute atomic E-state index is 0.155. The van der Waals surface area contributed by atoms with Gasteiger partial charge < -0.3 is 4.74 Å². The van der Waals surface area contributed by atoms with E-state index in [1.54, 1.807) is 0 Å². The van der Waals surface area contributed by atoms with Crippen LogP contribution in [-0.2, 0) is 4.74 Å². The normalized spacial score (nSPS) is 15.6.